The fourth-order valence-corrected chi connectivity index (χ4v) is 2.23. The number of nitrogens with one attached hydrogen (secondary N) is 1. The second-order valence-corrected chi connectivity index (χ2v) is 5.61. The number of benzene rings is 1. The summed E-state index contributed by atoms with van der Waals surface area (Å²) in [6, 6.07) is 8.27. The molecule has 0 aromatic heterocycles. The summed E-state index contributed by atoms with van der Waals surface area (Å²) in [4.78, 5) is 23.4. The normalized spacial score (nSPS) is 18.9. The summed E-state index contributed by atoms with van der Waals surface area (Å²) in [5.74, 6) is -1.27. The molecule has 1 saturated carbocycles. The summed E-state index contributed by atoms with van der Waals surface area (Å²) in [6.07, 6.45) is 2.11. The van der Waals surface area contributed by atoms with Crippen molar-refractivity contribution in [3.8, 4) is 0 Å². The van der Waals surface area contributed by atoms with E-state index in [0.29, 0.717) is 0 Å². The Morgan fingerprint density at radius 1 is 1.40 bits per heavy atom. The molecule has 1 aromatic carbocycles. The number of hydrogen-bond donors (Lipinski definition) is 3. The van der Waals surface area contributed by atoms with E-state index < -0.39 is 17.6 Å². The summed E-state index contributed by atoms with van der Waals surface area (Å²) in [5.41, 5.74) is 5.89. The summed E-state index contributed by atoms with van der Waals surface area (Å²) in [5, 5.41) is 11.8. The molecule has 0 aliphatic heterocycles. The molecule has 2 atom stereocenters. The van der Waals surface area contributed by atoms with Crippen LogP contribution in [0.3, 0.4) is 0 Å². The van der Waals surface area contributed by atoms with Crippen LogP contribution in [0.25, 0.3) is 0 Å². The Hall–Kier alpha value is -1.88. The summed E-state index contributed by atoms with van der Waals surface area (Å²) < 4.78 is 0. The molecule has 5 nitrogen and oxygen atoms in total. The monoisotopic (exact) mass is 276 g/mol. The van der Waals surface area contributed by atoms with E-state index >= 15 is 0 Å². The lowest BCUT2D eigenvalue weighted by Gasteiger charge is -2.25. The van der Waals surface area contributed by atoms with E-state index in [0.717, 1.165) is 18.4 Å². The van der Waals surface area contributed by atoms with Crippen LogP contribution in [-0.2, 0) is 16.0 Å². The molecule has 5 heteroatoms. The molecular weight excluding hydrogens is 256 g/mol. The molecular formula is C15H20N2O3. The third kappa shape index (κ3) is 3.36. The molecule has 1 aliphatic rings. The lowest BCUT2D eigenvalue weighted by molar-refractivity contribution is -0.142. The summed E-state index contributed by atoms with van der Waals surface area (Å²) >= 11 is 0. The highest BCUT2D eigenvalue weighted by Gasteiger charge is 2.44. The van der Waals surface area contributed by atoms with Gasteiger partial charge in [-0.1, -0.05) is 30.3 Å². The van der Waals surface area contributed by atoms with Crippen molar-refractivity contribution in [3.05, 3.63) is 35.9 Å². The second kappa shape index (κ2) is 5.63. The van der Waals surface area contributed by atoms with E-state index in [4.69, 9.17) is 5.73 Å². The zero-order chi connectivity index (χ0) is 14.8. The maximum absolute atomic E-state index is 12.2. The maximum atomic E-state index is 12.2. The van der Waals surface area contributed by atoms with Gasteiger partial charge in [0.05, 0.1) is 5.54 Å². The number of carboxylic acids is 1. The van der Waals surface area contributed by atoms with Gasteiger partial charge in [0.2, 0.25) is 5.91 Å². The van der Waals surface area contributed by atoms with E-state index in [9.17, 15) is 14.7 Å². The molecule has 108 valence electrons. The first-order chi connectivity index (χ1) is 9.41. The predicted molar refractivity (Wildman–Crippen MR) is 75.0 cm³/mol. The summed E-state index contributed by atoms with van der Waals surface area (Å²) in [6.45, 7) is 1.67. The highest BCUT2D eigenvalue weighted by atomic mass is 16.4. The van der Waals surface area contributed by atoms with Gasteiger partial charge in [-0.25, -0.2) is 4.79 Å². The first-order valence-corrected chi connectivity index (χ1v) is 6.78. The quantitative estimate of drug-likeness (QED) is 0.720. The van der Waals surface area contributed by atoms with Gasteiger partial charge in [-0.15, -0.1) is 0 Å². The zero-order valence-electron chi connectivity index (χ0n) is 11.5. The van der Waals surface area contributed by atoms with Crippen LogP contribution in [0.1, 0.15) is 25.3 Å². The van der Waals surface area contributed by atoms with Crippen molar-refractivity contribution in [2.45, 2.75) is 37.8 Å². The molecule has 1 amide bonds. The molecule has 0 spiro atoms. The van der Waals surface area contributed by atoms with Gasteiger partial charge in [0.25, 0.3) is 0 Å². The molecule has 20 heavy (non-hydrogen) atoms. The summed E-state index contributed by atoms with van der Waals surface area (Å²) in [7, 11) is 0. The van der Waals surface area contributed by atoms with Gasteiger partial charge >= 0.3 is 5.97 Å². The van der Waals surface area contributed by atoms with Crippen LogP contribution < -0.4 is 11.1 Å². The number of rotatable bonds is 6. The van der Waals surface area contributed by atoms with Crippen LogP contribution in [0.2, 0.25) is 0 Å². The largest absolute Gasteiger partial charge is 0.480 e. The third-order valence-electron chi connectivity index (χ3n) is 3.80. The van der Waals surface area contributed by atoms with Crippen LogP contribution in [0.4, 0.5) is 0 Å². The Labute approximate surface area is 118 Å². The molecule has 0 bridgehead atoms. The first kappa shape index (κ1) is 14.5. The number of amides is 1. The Balaban J connectivity index is 2.02. The van der Waals surface area contributed by atoms with Crippen molar-refractivity contribution in [1.82, 2.24) is 5.32 Å². The molecule has 1 unspecified atom stereocenters. The Morgan fingerprint density at radius 3 is 2.50 bits per heavy atom. The standard InChI is InChI=1S/C15H20N2O3/c1-15(16,11-7-8-11)14(20)17-12(13(18)19)9-10-5-3-2-4-6-10/h2-6,11-12H,7-9,16H2,1H3,(H,17,20)(H,18,19)/t12-,15?/m1/s1. The molecule has 0 saturated heterocycles. The average Bonchev–Trinajstić information content (AvgIpc) is 3.23. The number of aliphatic carboxylic acids is 1. The fraction of sp³-hybridized carbons (Fsp3) is 0.467. The Bertz CT molecular complexity index is 495. The van der Waals surface area contributed by atoms with Crippen molar-refractivity contribution in [3.63, 3.8) is 0 Å². The van der Waals surface area contributed by atoms with Gasteiger partial charge in [0.1, 0.15) is 6.04 Å². The number of carboxylic acid groups (broad SMARTS) is 1. The van der Waals surface area contributed by atoms with Crippen molar-refractivity contribution in [1.29, 1.82) is 0 Å². The lowest BCUT2D eigenvalue weighted by atomic mass is 9.95. The molecule has 0 heterocycles. The highest BCUT2D eigenvalue weighted by molar-refractivity contribution is 5.90. The average molecular weight is 276 g/mol. The van der Waals surface area contributed by atoms with Crippen LogP contribution in [0.15, 0.2) is 30.3 Å². The smallest absolute Gasteiger partial charge is 0.326 e. The fourth-order valence-electron chi connectivity index (χ4n) is 2.23. The van der Waals surface area contributed by atoms with Crippen LogP contribution in [0, 0.1) is 5.92 Å². The number of nitrogens with two attached hydrogens (primary N) is 1. The van der Waals surface area contributed by atoms with Gasteiger partial charge in [-0.05, 0) is 31.2 Å². The van der Waals surface area contributed by atoms with Crippen molar-refractivity contribution in [2.24, 2.45) is 11.7 Å². The van der Waals surface area contributed by atoms with Gasteiger partial charge < -0.3 is 16.2 Å². The molecule has 1 aliphatic carbocycles. The van der Waals surface area contributed by atoms with Crippen LogP contribution >= 0.6 is 0 Å². The topological polar surface area (TPSA) is 92.4 Å². The molecule has 1 fully saturated rings. The minimum atomic E-state index is -1.05. The van der Waals surface area contributed by atoms with Crippen molar-refractivity contribution < 1.29 is 14.7 Å². The van der Waals surface area contributed by atoms with Gasteiger partial charge in [0, 0.05) is 6.42 Å². The first-order valence-electron chi connectivity index (χ1n) is 6.78. The molecule has 1 aromatic rings. The Morgan fingerprint density at radius 2 is 2.00 bits per heavy atom. The molecule has 2 rings (SSSR count). The van der Waals surface area contributed by atoms with Gasteiger partial charge in [-0.2, -0.15) is 0 Å². The second-order valence-electron chi connectivity index (χ2n) is 5.61. The third-order valence-corrected chi connectivity index (χ3v) is 3.80. The van der Waals surface area contributed by atoms with Crippen LogP contribution in [0.5, 0.6) is 0 Å². The zero-order valence-corrected chi connectivity index (χ0v) is 11.5. The number of carbonyl (C=O) groups is 2. The highest BCUT2D eigenvalue weighted by Crippen LogP contribution is 2.38. The van der Waals surface area contributed by atoms with Gasteiger partial charge in [-0.3, -0.25) is 4.79 Å². The number of hydrogen-bond acceptors (Lipinski definition) is 3. The molecule has 4 N–H and O–H groups in total. The van der Waals surface area contributed by atoms with E-state index in [1.807, 2.05) is 30.3 Å². The van der Waals surface area contributed by atoms with Crippen LogP contribution in [-0.4, -0.2) is 28.6 Å². The van der Waals surface area contributed by atoms with Crippen molar-refractivity contribution >= 4 is 11.9 Å². The lowest BCUT2D eigenvalue weighted by Crippen LogP contribution is -2.57. The Kier molecular flexibility index (Phi) is 4.09. The molecule has 0 radical (unpaired) electrons. The maximum Gasteiger partial charge on any atom is 0.326 e. The van der Waals surface area contributed by atoms with E-state index in [1.54, 1.807) is 6.92 Å². The van der Waals surface area contributed by atoms with E-state index in [1.165, 1.54) is 0 Å². The predicted octanol–water partition coefficient (Wildman–Crippen LogP) is 0.926. The minimum absolute atomic E-state index is 0.161. The van der Waals surface area contributed by atoms with Gasteiger partial charge in [0.15, 0.2) is 0 Å². The SMILES string of the molecule is CC(N)(C(=O)N[C@H](Cc1ccccc1)C(=O)O)C1CC1. The number of carbonyl (C=O) groups excluding carboxylic acids is 1. The minimum Gasteiger partial charge on any atom is -0.480 e. The van der Waals surface area contributed by atoms with Crippen molar-refractivity contribution in [2.75, 3.05) is 0 Å². The van der Waals surface area contributed by atoms with E-state index in [2.05, 4.69) is 5.32 Å². The van der Waals surface area contributed by atoms with E-state index in [-0.39, 0.29) is 18.2 Å².